The van der Waals surface area contributed by atoms with Crippen molar-refractivity contribution >= 4 is 29.4 Å². The number of rotatable bonds is 7. The zero-order valence-electron chi connectivity index (χ0n) is 22.4. The molecule has 10 nitrogen and oxygen atoms in total. The molecule has 1 saturated heterocycles. The normalized spacial score (nSPS) is 17.0. The zero-order valence-corrected chi connectivity index (χ0v) is 23.1. The molecular formula is C29H25ClF2N6O4. The molecule has 4 aromatic rings. The van der Waals surface area contributed by atoms with E-state index >= 15 is 0 Å². The summed E-state index contributed by atoms with van der Waals surface area (Å²) in [6.45, 7) is 1.17. The van der Waals surface area contributed by atoms with E-state index in [1.807, 2.05) is 24.3 Å². The number of hydrogen-bond acceptors (Lipinski definition) is 7. The van der Waals surface area contributed by atoms with Crippen LogP contribution in [0.25, 0.3) is 11.5 Å². The molecule has 0 aliphatic carbocycles. The van der Waals surface area contributed by atoms with Crippen molar-refractivity contribution in [1.29, 1.82) is 0 Å². The Morgan fingerprint density at radius 1 is 1.14 bits per heavy atom. The molecule has 2 N–H and O–H groups in total. The smallest absolute Gasteiger partial charge is 0.329 e. The standard InChI is InChI=1S/C29H25ClF2N6O4/c1-36-25(38-9-8-24(40)35-29(38)41)12-33-28(36)22-7-4-17-14-37(23(15-39)26(17)34-22)13-16-2-5-19(6-3-16)42-27-20(30)10-18(31)11-21(27)32/h2-7,10-12,23,39H,8-9,13-15H2,1H3,(H,35,40,41)/t23-/m0/s1. The van der Waals surface area contributed by atoms with Crippen molar-refractivity contribution in [2.24, 2.45) is 7.05 Å². The Hall–Kier alpha value is -4.39. The maximum absolute atomic E-state index is 14.1. The number of nitrogens with zero attached hydrogens (tertiary/aromatic N) is 5. The number of nitrogens with one attached hydrogen (secondary N) is 1. The van der Waals surface area contributed by atoms with Gasteiger partial charge in [-0.1, -0.05) is 29.8 Å². The third-order valence-electron chi connectivity index (χ3n) is 7.33. The number of hydrogen-bond donors (Lipinski definition) is 2. The lowest BCUT2D eigenvalue weighted by atomic mass is 10.1. The minimum absolute atomic E-state index is 0.152. The van der Waals surface area contributed by atoms with E-state index in [-0.39, 0.29) is 42.3 Å². The second kappa shape index (κ2) is 11.1. The van der Waals surface area contributed by atoms with Crippen molar-refractivity contribution in [3.05, 3.63) is 88.2 Å². The third kappa shape index (κ3) is 5.20. The second-order valence-electron chi connectivity index (χ2n) is 10.0. The molecule has 216 valence electrons. The van der Waals surface area contributed by atoms with Crippen molar-refractivity contribution in [3.63, 3.8) is 0 Å². The average molecular weight is 595 g/mol. The third-order valence-corrected chi connectivity index (χ3v) is 7.61. The first-order chi connectivity index (χ1) is 20.2. The molecule has 1 fully saturated rings. The summed E-state index contributed by atoms with van der Waals surface area (Å²) < 4.78 is 34.7. The number of aliphatic hydroxyl groups excluding tert-OH is 1. The second-order valence-corrected chi connectivity index (χ2v) is 10.4. The van der Waals surface area contributed by atoms with E-state index in [2.05, 4.69) is 15.2 Å². The highest BCUT2D eigenvalue weighted by atomic mass is 35.5. The van der Waals surface area contributed by atoms with Gasteiger partial charge in [-0.15, -0.1) is 0 Å². The van der Waals surface area contributed by atoms with Crippen LogP contribution in [0.4, 0.5) is 19.4 Å². The summed E-state index contributed by atoms with van der Waals surface area (Å²) in [6, 6.07) is 11.6. The largest absolute Gasteiger partial charge is 0.453 e. The maximum atomic E-state index is 14.1. The van der Waals surface area contributed by atoms with Crippen molar-refractivity contribution in [1.82, 2.24) is 24.8 Å². The highest BCUT2D eigenvalue weighted by Gasteiger charge is 2.32. The van der Waals surface area contributed by atoms with Gasteiger partial charge in [0.1, 0.15) is 23.1 Å². The number of aromatic nitrogens is 3. The molecule has 2 aromatic heterocycles. The Balaban J connectivity index is 1.18. The zero-order chi connectivity index (χ0) is 29.5. The Morgan fingerprint density at radius 2 is 1.93 bits per heavy atom. The molecule has 0 saturated carbocycles. The van der Waals surface area contributed by atoms with Gasteiger partial charge in [-0.25, -0.2) is 23.5 Å². The molecule has 42 heavy (non-hydrogen) atoms. The van der Waals surface area contributed by atoms with Crippen LogP contribution in [0, 0.1) is 11.6 Å². The fourth-order valence-electron chi connectivity index (χ4n) is 5.23. The van der Waals surface area contributed by atoms with Crippen LogP contribution in [0.15, 0.2) is 54.7 Å². The fraction of sp³-hybridized carbons (Fsp3) is 0.241. The molecule has 0 radical (unpaired) electrons. The monoisotopic (exact) mass is 594 g/mol. The molecule has 3 amide bonds. The van der Waals surface area contributed by atoms with Crippen LogP contribution < -0.4 is 15.0 Å². The van der Waals surface area contributed by atoms with Crippen molar-refractivity contribution < 1.29 is 28.2 Å². The summed E-state index contributed by atoms with van der Waals surface area (Å²) in [7, 11) is 1.78. The molecule has 0 bridgehead atoms. The molecule has 6 rings (SSSR count). The van der Waals surface area contributed by atoms with Crippen LogP contribution >= 0.6 is 11.6 Å². The lowest BCUT2D eigenvalue weighted by molar-refractivity contribution is -0.120. The molecule has 0 spiro atoms. The number of amides is 3. The van der Waals surface area contributed by atoms with Crippen LogP contribution in [0.2, 0.25) is 5.02 Å². The van der Waals surface area contributed by atoms with Gasteiger partial charge in [0.15, 0.2) is 17.4 Å². The van der Waals surface area contributed by atoms with Gasteiger partial charge in [0.25, 0.3) is 0 Å². The van der Waals surface area contributed by atoms with Gasteiger partial charge in [0.2, 0.25) is 5.91 Å². The lowest BCUT2D eigenvalue weighted by Gasteiger charge is -2.26. The van der Waals surface area contributed by atoms with Gasteiger partial charge in [-0.2, -0.15) is 0 Å². The minimum atomic E-state index is -0.896. The van der Waals surface area contributed by atoms with Gasteiger partial charge < -0.3 is 14.4 Å². The van der Waals surface area contributed by atoms with Gasteiger partial charge in [-0.05, 0) is 35.4 Å². The minimum Gasteiger partial charge on any atom is -0.453 e. The predicted octanol–water partition coefficient (Wildman–Crippen LogP) is 4.70. The first kappa shape index (κ1) is 27.8. The van der Waals surface area contributed by atoms with E-state index in [0.717, 1.165) is 22.9 Å². The van der Waals surface area contributed by atoms with Crippen LogP contribution in [0.3, 0.4) is 0 Å². The number of aliphatic hydroxyl groups is 1. The Kier molecular flexibility index (Phi) is 7.35. The van der Waals surface area contributed by atoms with Crippen molar-refractivity contribution in [2.45, 2.75) is 25.6 Å². The Morgan fingerprint density at radius 3 is 2.64 bits per heavy atom. The maximum Gasteiger partial charge on any atom is 0.329 e. The topological polar surface area (TPSA) is 113 Å². The number of anilines is 1. The first-order valence-corrected chi connectivity index (χ1v) is 13.5. The summed E-state index contributed by atoms with van der Waals surface area (Å²) >= 11 is 5.94. The number of fused-ring (bicyclic) bond motifs is 1. The number of benzene rings is 2. The lowest BCUT2D eigenvalue weighted by Crippen LogP contribution is -2.50. The number of pyridine rings is 1. The SMILES string of the molecule is Cn1c(N2CCC(=O)NC2=O)cnc1-c1ccc2c(n1)[C@H](CO)N(Cc1ccc(Oc3c(F)cc(F)cc3Cl)cc1)C2. The molecule has 2 aliphatic rings. The van der Waals surface area contributed by atoms with E-state index in [4.69, 9.17) is 21.3 Å². The highest BCUT2D eigenvalue weighted by molar-refractivity contribution is 6.32. The summed E-state index contributed by atoms with van der Waals surface area (Å²) in [4.78, 5) is 36.8. The van der Waals surface area contributed by atoms with Gasteiger partial charge in [0, 0.05) is 39.2 Å². The number of carbonyl (C=O) groups excluding carboxylic acids is 2. The number of imide groups is 1. The van der Waals surface area contributed by atoms with E-state index in [0.29, 0.717) is 42.2 Å². The summed E-state index contributed by atoms with van der Waals surface area (Å²) in [5.74, 6) is -0.835. The first-order valence-electron chi connectivity index (χ1n) is 13.1. The molecule has 0 unspecified atom stereocenters. The summed E-state index contributed by atoms with van der Waals surface area (Å²) in [5.41, 5.74) is 3.22. The number of carbonyl (C=O) groups is 2. The number of halogens is 3. The Labute approximate surface area is 244 Å². The Bertz CT molecular complexity index is 1670. The van der Waals surface area contributed by atoms with E-state index in [1.54, 1.807) is 29.9 Å². The molecular weight excluding hydrogens is 570 g/mol. The van der Waals surface area contributed by atoms with Crippen LogP contribution in [-0.4, -0.2) is 49.6 Å². The van der Waals surface area contributed by atoms with Crippen LogP contribution in [0.1, 0.15) is 29.3 Å². The molecule has 1 atom stereocenters. The summed E-state index contributed by atoms with van der Waals surface area (Å²) in [5, 5.41) is 12.5. The average Bonchev–Trinajstić information content (AvgIpc) is 3.50. The van der Waals surface area contributed by atoms with E-state index < -0.39 is 17.7 Å². The van der Waals surface area contributed by atoms with Gasteiger partial charge >= 0.3 is 6.03 Å². The summed E-state index contributed by atoms with van der Waals surface area (Å²) in [6.07, 6.45) is 1.77. The van der Waals surface area contributed by atoms with Crippen LogP contribution in [-0.2, 0) is 24.9 Å². The van der Waals surface area contributed by atoms with Crippen LogP contribution in [0.5, 0.6) is 11.5 Å². The van der Waals surface area contributed by atoms with E-state index in [1.165, 1.54) is 4.90 Å². The predicted molar refractivity (Wildman–Crippen MR) is 149 cm³/mol. The molecule has 4 heterocycles. The fourth-order valence-corrected chi connectivity index (χ4v) is 5.47. The molecule has 2 aromatic carbocycles. The molecule has 13 heteroatoms. The molecule has 2 aliphatic heterocycles. The quantitative estimate of drug-likeness (QED) is 0.319. The van der Waals surface area contributed by atoms with Crippen molar-refractivity contribution in [3.8, 4) is 23.0 Å². The van der Waals surface area contributed by atoms with E-state index in [9.17, 15) is 23.5 Å². The van der Waals surface area contributed by atoms with Gasteiger partial charge in [0.05, 0.1) is 29.6 Å². The number of urea groups is 1. The van der Waals surface area contributed by atoms with Gasteiger partial charge in [-0.3, -0.25) is 19.9 Å². The number of ether oxygens (including phenoxy) is 1. The highest BCUT2D eigenvalue weighted by Crippen LogP contribution is 2.36. The van der Waals surface area contributed by atoms with Crippen molar-refractivity contribution in [2.75, 3.05) is 18.1 Å². The number of imidazole rings is 1.